The van der Waals surface area contributed by atoms with E-state index in [1.54, 1.807) is 18.0 Å². The van der Waals surface area contributed by atoms with Gasteiger partial charge < -0.3 is 9.88 Å². The van der Waals surface area contributed by atoms with Gasteiger partial charge in [-0.2, -0.15) is 0 Å². The van der Waals surface area contributed by atoms with Crippen LogP contribution in [0.5, 0.6) is 0 Å². The van der Waals surface area contributed by atoms with E-state index in [2.05, 4.69) is 9.97 Å². The number of rotatable bonds is 4. The number of amides is 1. The lowest BCUT2D eigenvalue weighted by Gasteiger charge is -2.21. The molecule has 1 saturated carbocycles. The summed E-state index contributed by atoms with van der Waals surface area (Å²) < 4.78 is 0. The smallest absolute Gasteiger partial charge is 0.259 e. The lowest BCUT2D eigenvalue weighted by Crippen LogP contribution is -2.35. The molecule has 1 aliphatic carbocycles. The largest absolute Gasteiger partial charge is 0.364 e. The monoisotopic (exact) mass is 283 g/mol. The molecule has 1 fully saturated rings. The van der Waals surface area contributed by atoms with Gasteiger partial charge in [-0.25, -0.2) is 0 Å². The molecule has 1 N–H and O–H groups in total. The van der Waals surface area contributed by atoms with Crippen LogP contribution in [0, 0.1) is 6.92 Å². The molecule has 21 heavy (non-hydrogen) atoms. The molecule has 0 saturated heterocycles. The van der Waals surface area contributed by atoms with Crippen molar-refractivity contribution in [3.8, 4) is 0 Å². The van der Waals surface area contributed by atoms with Gasteiger partial charge in [-0.15, -0.1) is 0 Å². The first kappa shape index (κ1) is 13.5. The van der Waals surface area contributed by atoms with Gasteiger partial charge in [0.2, 0.25) is 0 Å². The Morgan fingerprint density at radius 2 is 2.24 bits per heavy atom. The maximum absolute atomic E-state index is 12.6. The molecule has 0 bridgehead atoms. The van der Waals surface area contributed by atoms with E-state index in [0.29, 0.717) is 6.54 Å². The number of carbonyl (C=O) groups is 1. The summed E-state index contributed by atoms with van der Waals surface area (Å²) in [6.45, 7) is 2.24. The highest BCUT2D eigenvalue weighted by Gasteiger charge is 2.34. The Balaban J connectivity index is 1.87. The Morgan fingerprint density at radius 3 is 2.86 bits per heavy atom. The fourth-order valence-corrected chi connectivity index (χ4v) is 2.31. The summed E-state index contributed by atoms with van der Waals surface area (Å²) in [6.07, 6.45) is 5.20. The molecule has 2 heterocycles. The molecule has 0 unspecified atom stereocenters. The summed E-state index contributed by atoms with van der Waals surface area (Å²) in [6, 6.07) is 7.31. The van der Waals surface area contributed by atoms with Gasteiger partial charge in [0.1, 0.15) is 5.56 Å². The zero-order valence-electron chi connectivity index (χ0n) is 11.9. The summed E-state index contributed by atoms with van der Waals surface area (Å²) in [5.41, 5.74) is 1.55. The second-order valence-electron chi connectivity index (χ2n) is 5.38. The molecule has 0 radical (unpaired) electrons. The second kappa shape index (κ2) is 5.52. The van der Waals surface area contributed by atoms with E-state index in [9.17, 15) is 9.59 Å². The number of pyridine rings is 2. The minimum Gasteiger partial charge on any atom is -0.364 e. The van der Waals surface area contributed by atoms with E-state index in [1.165, 1.54) is 12.3 Å². The van der Waals surface area contributed by atoms with Crippen LogP contribution in [0.1, 0.15) is 34.6 Å². The number of aromatic amines is 1. The van der Waals surface area contributed by atoms with Crippen molar-refractivity contribution >= 4 is 5.91 Å². The van der Waals surface area contributed by atoms with Crippen LogP contribution in [0.2, 0.25) is 0 Å². The minimum absolute atomic E-state index is 0.198. The van der Waals surface area contributed by atoms with Crippen molar-refractivity contribution in [2.45, 2.75) is 32.4 Å². The zero-order chi connectivity index (χ0) is 14.8. The van der Waals surface area contributed by atoms with Crippen LogP contribution in [-0.2, 0) is 6.54 Å². The van der Waals surface area contributed by atoms with Crippen molar-refractivity contribution in [1.29, 1.82) is 0 Å². The number of nitrogens with zero attached hydrogens (tertiary/aromatic N) is 2. The number of carbonyl (C=O) groups excluding carboxylic acids is 1. The molecule has 1 aliphatic rings. The number of aromatic nitrogens is 2. The molecule has 5 nitrogen and oxygen atoms in total. The number of nitrogens with one attached hydrogen (secondary N) is 1. The van der Waals surface area contributed by atoms with Crippen LogP contribution in [0.3, 0.4) is 0 Å². The van der Waals surface area contributed by atoms with Gasteiger partial charge in [0, 0.05) is 30.2 Å². The van der Waals surface area contributed by atoms with Gasteiger partial charge in [0.25, 0.3) is 5.91 Å². The normalized spacial score (nSPS) is 14.0. The highest BCUT2D eigenvalue weighted by Crippen LogP contribution is 2.29. The standard InChI is InChI=1S/C16H17N3O2/c1-11-8-15(20)14(9-18-11)16(21)19(13-5-6-13)10-12-4-2-3-7-17-12/h2-4,7-9,13H,5-6,10H2,1H3,(H,18,20). The predicted molar refractivity (Wildman–Crippen MR) is 78.9 cm³/mol. The Morgan fingerprint density at radius 1 is 1.43 bits per heavy atom. The van der Waals surface area contributed by atoms with Crippen molar-refractivity contribution in [1.82, 2.24) is 14.9 Å². The average Bonchev–Trinajstić information content (AvgIpc) is 3.30. The maximum Gasteiger partial charge on any atom is 0.259 e. The lowest BCUT2D eigenvalue weighted by atomic mass is 10.2. The van der Waals surface area contributed by atoms with Gasteiger partial charge >= 0.3 is 0 Å². The highest BCUT2D eigenvalue weighted by atomic mass is 16.2. The number of aryl methyl sites for hydroxylation is 1. The highest BCUT2D eigenvalue weighted by molar-refractivity contribution is 5.94. The van der Waals surface area contributed by atoms with Crippen molar-refractivity contribution in [3.63, 3.8) is 0 Å². The van der Waals surface area contributed by atoms with Gasteiger partial charge in [-0.3, -0.25) is 14.6 Å². The topological polar surface area (TPSA) is 66.1 Å². The third kappa shape index (κ3) is 3.02. The van der Waals surface area contributed by atoms with Gasteiger partial charge in [0.05, 0.1) is 12.2 Å². The third-order valence-electron chi connectivity index (χ3n) is 3.59. The molecule has 3 rings (SSSR count). The fourth-order valence-electron chi connectivity index (χ4n) is 2.31. The summed E-state index contributed by atoms with van der Waals surface area (Å²) in [4.78, 5) is 33.6. The van der Waals surface area contributed by atoms with Crippen molar-refractivity contribution < 1.29 is 4.79 Å². The molecule has 0 atom stereocenters. The summed E-state index contributed by atoms with van der Waals surface area (Å²) in [5.74, 6) is -0.218. The van der Waals surface area contributed by atoms with Crippen LogP contribution in [-0.4, -0.2) is 26.8 Å². The summed E-state index contributed by atoms with van der Waals surface area (Å²) in [5, 5.41) is 0. The van der Waals surface area contributed by atoms with E-state index < -0.39 is 0 Å². The molecule has 0 spiro atoms. The fraction of sp³-hybridized carbons (Fsp3) is 0.312. The molecule has 1 amide bonds. The number of hydrogen-bond acceptors (Lipinski definition) is 3. The van der Waals surface area contributed by atoms with E-state index in [4.69, 9.17) is 0 Å². The second-order valence-corrected chi connectivity index (χ2v) is 5.38. The molecular formula is C16H17N3O2. The Hall–Kier alpha value is -2.43. The Labute approximate surface area is 122 Å². The molecule has 5 heteroatoms. The minimum atomic E-state index is -0.233. The van der Waals surface area contributed by atoms with Gasteiger partial charge in [-0.05, 0) is 31.9 Å². The van der Waals surface area contributed by atoms with Crippen LogP contribution in [0.15, 0.2) is 41.5 Å². The maximum atomic E-state index is 12.6. The summed E-state index contributed by atoms with van der Waals surface area (Å²) in [7, 11) is 0. The quantitative estimate of drug-likeness (QED) is 0.931. The van der Waals surface area contributed by atoms with Crippen molar-refractivity contribution in [2.75, 3.05) is 0 Å². The Kier molecular flexibility index (Phi) is 3.56. The third-order valence-corrected chi connectivity index (χ3v) is 3.59. The molecule has 0 aliphatic heterocycles. The zero-order valence-corrected chi connectivity index (χ0v) is 11.9. The Bertz CT molecular complexity index is 705. The average molecular weight is 283 g/mol. The summed E-state index contributed by atoms with van der Waals surface area (Å²) >= 11 is 0. The SMILES string of the molecule is Cc1cc(=O)c(C(=O)N(Cc2ccccn2)C2CC2)c[nH]1. The molecule has 108 valence electrons. The first-order valence-electron chi connectivity index (χ1n) is 7.05. The van der Waals surface area contributed by atoms with E-state index >= 15 is 0 Å². The van der Waals surface area contributed by atoms with E-state index in [0.717, 1.165) is 24.2 Å². The number of hydrogen-bond donors (Lipinski definition) is 1. The van der Waals surface area contributed by atoms with Crippen LogP contribution < -0.4 is 5.43 Å². The first-order chi connectivity index (χ1) is 10.1. The van der Waals surface area contributed by atoms with Crippen LogP contribution in [0.4, 0.5) is 0 Å². The molecular weight excluding hydrogens is 266 g/mol. The van der Waals surface area contributed by atoms with Crippen LogP contribution >= 0.6 is 0 Å². The van der Waals surface area contributed by atoms with E-state index in [-0.39, 0.29) is 22.9 Å². The predicted octanol–water partition coefficient (Wildman–Crippen LogP) is 1.88. The molecule has 0 aromatic carbocycles. The van der Waals surface area contributed by atoms with Crippen LogP contribution in [0.25, 0.3) is 0 Å². The molecule has 2 aromatic rings. The first-order valence-corrected chi connectivity index (χ1v) is 7.05. The lowest BCUT2D eigenvalue weighted by molar-refractivity contribution is 0.0726. The molecule has 2 aromatic heterocycles. The van der Waals surface area contributed by atoms with Gasteiger partial charge in [0.15, 0.2) is 5.43 Å². The number of H-pyrrole nitrogens is 1. The van der Waals surface area contributed by atoms with Crippen molar-refractivity contribution in [3.05, 3.63) is 63.8 Å². The van der Waals surface area contributed by atoms with Crippen molar-refractivity contribution in [2.24, 2.45) is 0 Å². The van der Waals surface area contributed by atoms with E-state index in [1.807, 2.05) is 18.2 Å². The van der Waals surface area contributed by atoms with Gasteiger partial charge in [-0.1, -0.05) is 6.07 Å².